The average molecular weight is 299 g/mol. The van der Waals surface area contributed by atoms with Crippen molar-refractivity contribution in [3.63, 3.8) is 0 Å². The molecule has 0 bridgehead atoms. The first-order chi connectivity index (χ1) is 10.3. The summed E-state index contributed by atoms with van der Waals surface area (Å²) in [6.07, 6.45) is 4.02. The Morgan fingerprint density at radius 2 is 2.05 bits per heavy atom. The zero-order valence-electron chi connectivity index (χ0n) is 14.3. The van der Waals surface area contributed by atoms with Crippen LogP contribution in [-0.4, -0.2) is 24.2 Å². The summed E-state index contributed by atoms with van der Waals surface area (Å²) in [6.45, 7) is 13.3. The smallest absolute Gasteiger partial charge is 0.236 e. The van der Waals surface area contributed by atoms with Crippen molar-refractivity contribution in [2.45, 2.75) is 47.1 Å². The van der Waals surface area contributed by atoms with Gasteiger partial charge in [-0.2, -0.15) is 5.10 Å². The summed E-state index contributed by atoms with van der Waals surface area (Å²) < 4.78 is 0. The number of nitrogens with zero attached hydrogens (tertiary/aromatic N) is 2. The van der Waals surface area contributed by atoms with E-state index in [0.717, 1.165) is 17.7 Å². The molecule has 1 aromatic carbocycles. The normalized spacial score (nSPS) is 16.5. The van der Waals surface area contributed by atoms with Gasteiger partial charge in [-0.3, -0.25) is 4.79 Å². The van der Waals surface area contributed by atoms with Gasteiger partial charge in [0.25, 0.3) is 0 Å². The minimum atomic E-state index is -0.165. The maximum atomic E-state index is 10.9. The lowest BCUT2D eigenvalue weighted by molar-refractivity contribution is -0.118. The molecule has 0 unspecified atom stereocenters. The highest BCUT2D eigenvalue weighted by Gasteiger charge is 2.30. The van der Waals surface area contributed by atoms with Crippen LogP contribution in [-0.2, 0) is 4.79 Å². The van der Waals surface area contributed by atoms with Gasteiger partial charge in [0.05, 0.1) is 11.8 Å². The molecular weight excluding hydrogens is 274 g/mol. The second-order valence-electron chi connectivity index (χ2n) is 6.38. The van der Waals surface area contributed by atoms with Crippen molar-refractivity contribution in [2.75, 3.05) is 11.4 Å². The molecule has 1 N–H and O–H groups in total. The summed E-state index contributed by atoms with van der Waals surface area (Å²) in [7, 11) is 0. The highest BCUT2D eigenvalue weighted by atomic mass is 16.2. The van der Waals surface area contributed by atoms with Gasteiger partial charge in [0.15, 0.2) is 0 Å². The zero-order valence-corrected chi connectivity index (χ0v) is 14.3. The van der Waals surface area contributed by atoms with Crippen LogP contribution in [0.5, 0.6) is 0 Å². The van der Waals surface area contributed by atoms with E-state index in [1.807, 2.05) is 0 Å². The Balaban J connectivity index is 2.49. The van der Waals surface area contributed by atoms with Crippen LogP contribution in [0.25, 0.3) is 5.57 Å². The van der Waals surface area contributed by atoms with Gasteiger partial charge in [-0.15, -0.1) is 0 Å². The number of aryl methyl sites for hydroxylation is 1. The standard InChI is InChI=1S/C18H25N3O/c1-7-21-17-8-12(2)15(11-19-20-14(4)22)9-16(17)13(3)10-18(21,5)6/h8-11H,7H2,1-6H3,(H,20,22)/b19-11-. The van der Waals surface area contributed by atoms with Crippen LogP contribution in [0.2, 0.25) is 0 Å². The van der Waals surface area contributed by atoms with E-state index in [1.165, 1.54) is 23.7 Å². The fourth-order valence-electron chi connectivity index (χ4n) is 3.15. The number of likely N-dealkylation sites (N-methyl/N-ethyl adjacent to an activating group) is 1. The molecule has 1 heterocycles. The minimum Gasteiger partial charge on any atom is -0.363 e. The Hall–Kier alpha value is -2.10. The molecule has 0 radical (unpaired) electrons. The van der Waals surface area contributed by atoms with E-state index in [2.05, 4.69) is 68.3 Å². The number of carbonyl (C=O) groups is 1. The lowest BCUT2D eigenvalue weighted by atomic mass is 9.87. The van der Waals surface area contributed by atoms with E-state index in [0.29, 0.717) is 0 Å². The number of allylic oxidation sites excluding steroid dienone is 1. The van der Waals surface area contributed by atoms with Crippen molar-refractivity contribution in [1.82, 2.24) is 5.43 Å². The molecule has 22 heavy (non-hydrogen) atoms. The summed E-state index contributed by atoms with van der Waals surface area (Å²) in [5, 5.41) is 3.99. The lowest BCUT2D eigenvalue weighted by Gasteiger charge is -2.43. The van der Waals surface area contributed by atoms with E-state index < -0.39 is 0 Å². The predicted molar refractivity (Wildman–Crippen MR) is 93.3 cm³/mol. The summed E-state index contributed by atoms with van der Waals surface area (Å²) in [6, 6.07) is 4.37. The first-order valence-electron chi connectivity index (χ1n) is 7.68. The summed E-state index contributed by atoms with van der Waals surface area (Å²) in [5.41, 5.74) is 8.42. The summed E-state index contributed by atoms with van der Waals surface area (Å²) in [5.74, 6) is -0.165. The first-order valence-corrected chi connectivity index (χ1v) is 7.68. The van der Waals surface area contributed by atoms with Gasteiger partial charge in [0, 0.05) is 24.7 Å². The fraction of sp³-hybridized carbons (Fsp3) is 0.444. The monoisotopic (exact) mass is 299 g/mol. The van der Waals surface area contributed by atoms with E-state index in [4.69, 9.17) is 0 Å². The highest BCUT2D eigenvalue weighted by Crippen LogP contribution is 2.39. The van der Waals surface area contributed by atoms with Crippen LogP contribution < -0.4 is 10.3 Å². The van der Waals surface area contributed by atoms with Gasteiger partial charge in [0.2, 0.25) is 5.91 Å². The zero-order chi connectivity index (χ0) is 16.5. The first kappa shape index (κ1) is 16.3. The number of rotatable bonds is 3. The average Bonchev–Trinajstić information content (AvgIpc) is 2.39. The molecule has 4 nitrogen and oxygen atoms in total. The topological polar surface area (TPSA) is 44.7 Å². The molecule has 1 amide bonds. The second-order valence-corrected chi connectivity index (χ2v) is 6.38. The molecule has 0 saturated carbocycles. The van der Waals surface area contributed by atoms with Crippen molar-refractivity contribution < 1.29 is 4.79 Å². The van der Waals surface area contributed by atoms with Crippen molar-refractivity contribution in [3.8, 4) is 0 Å². The van der Waals surface area contributed by atoms with Crippen molar-refractivity contribution in [1.29, 1.82) is 0 Å². The maximum absolute atomic E-state index is 10.9. The third-order valence-corrected chi connectivity index (χ3v) is 4.11. The quantitative estimate of drug-likeness (QED) is 0.686. The molecule has 118 valence electrons. The fourth-order valence-corrected chi connectivity index (χ4v) is 3.15. The van der Waals surface area contributed by atoms with Gasteiger partial charge in [0.1, 0.15) is 0 Å². The molecule has 0 aliphatic carbocycles. The van der Waals surface area contributed by atoms with Crippen LogP contribution in [0, 0.1) is 6.92 Å². The van der Waals surface area contributed by atoms with Crippen molar-refractivity contribution in [2.24, 2.45) is 5.10 Å². The lowest BCUT2D eigenvalue weighted by Crippen LogP contribution is -2.45. The summed E-state index contributed by atoms with van der Waals surface area (Å²) >= 11 is 0. The maximum Gasteiger partial charge on any atom is 0.236 e. The minimum absolute atomic E-state index is 0.0179. The number of hydrogen-bond donors (Lipinski definition) is 1. The molecule has 4 heteroatoms. The number of amides is 1. The predicted octanol–water partition coefficient (Wildman–Crippen LogP) is 3.49. The third-order valence-electron chi connectivity index (χ3n) is 4.11. The highest BCUT2D eigenvalue weighted by molar-refractivity contribution is 5.90. The van der Waals surface area contributed by atoms with Crippen LogP contribution in [0.1, 0.15) is 51.3 Å². The van der Waals surface area contributed by atoms with Crippen LogP contribution in [0.3, 0.4) is 0 Å². The molecule has 0 aromatic heterocycles. The van der Waals surface area contributed by atoms with Gasteiger partial charge in [-0.1, -0.05) is 6.08 Å². The number of anilines is 1. The number of nitrogens with one attached hydrogen (secondary N) is 1. The number of benzene rings is 1. The second kappa shape index (κ2) is 5.95. The Morgan fingerprint density at radius 1 is 1.36 bits per heavy atom. The molecule has 2 rings (SSSR count). The van der Waals surface area contributed by atoms with Gasteiger partial charge >= 0.3 is 0 Å². The Labute approximate surface area is 132 Å². The number of hydrogen-bond acceptors (Lipinski definition) is 3. The Kier molecular flexibility index (Phi) is 4.40. The largest absolute Gasteiger partial charge is 0.363 e. The van der Waals surface area contributed by atoms with Gasteiger partial charge in [-0.25, -0.2) is 5.43 Å². The van der Waals surface area contributed by atoms with Crippen molar-refractivity contribution in [3.05, 3.63) is 34.9 Å². The van der Waals surface area contributed by atoms with E-state index in [9.17, 15) is 4.79 Å². The molecular formula is C18H25N3O. The van der Waals surface area contributed by atoms with Crippen LogP contribution in [0.15, 0.2) is 23.3 Å². The Morgan fingerprint density at radius 3 is 2.64 bits per heavy atom. The van der Waals surface area contributed by atoms with Crippen LogP contribution >= 0.6 is 0 Å². The van der Waals surface area contributed by atoms with Gasteiger partial charge in [-0.05, 0) is 63.5 Å². The van der Waals surface area contributed by atoms with Crippen LogP contribution in [0.4, 0.5) is 5.69 Å². The summed E-state index contributed by atoms with van der Waals surface area (Å²) in [4.78, 5) is 13.3. The molecule has 0 fully saturated rings. The van der Waals surface area contributed by atoms with Gasteiger partial charge < -0.3 is 4.90 Å². The van der Waals surface area contributed by atoms with Crippen molar-refractivity contribution >= 4 is 23.4 Å². The Bertz CT molecular complexity index is 657. The molecule has 1 aliphatic rings. The van der Waals surface area contributed by atoms with E-state index >= 15 is 0 Å². The van der Waals surface area contributed by atoms with E-state index in [-0.39, 0.29) is 11.4 Å². The third kappa shape index (κ3) is 3.06. The van der Waals surface area contributed by atoms with E-state index in [1.54, 1.807) is 6.21 Å². The number of hydrazone groups is 1. The molecule has 0 saturated heterocycles. The SMILES string of the molecule is CCN1c2cc(C)c(/C=N\NC(C)=O)cc2C(C)=CC1(C)C. The molecule has 1 aromatic rings. The molecule has 0 spiro atoms. The number of fused-ring (bicyclic) bond motifs is 1. The molecule has 1 aliphatic heterocycles. The molecule has 0 atom stereocenters. The number of carbonyl (C=O) groups excluding carboxylic acids is 1.